The van der Waals surface area contributed by atoms with E-state index in [1.165, 1.54) is 0 Å². The third-order valence-corrected chi connectivity index (χ3v) is 2.80. The summed E-state index contributed by atoms with van der Waals surface area (Å²) < 4.78 is 13.2. The Morgan fingerprint density at radius 2 is 1.83 bits per heavy atom. The molecule has 2 radical (unpaired) electrons. The number of hydrogen-bond donors (Lipinski definition) is 2. The first kappa shape index (κ1) is 6.99. The second kappa shape index (κ2) is 2.34. The van der Waals surface area contributed by atoms with Gasteiger partial charge in [0.05, 0.1) is 0 Å². The van der Waals surface area contributed by atoms with Crippen LogP contribution in [0.4, 0.5) is 0 Å². The third-order valence-electron chi connectivity index (χ3n) is 0.106. The monoisotopic (exact) mass is 306 g/mol. The topological polar surface area (TPSA) is 66.8 Å². The molecule has 0 aliphatic heterocycles. The van der Waals surface area contributed by atoms with Gasteiger partial charge in [0.1, 0.15) is 0 Å². The average Bonchev–Trinajstić information content (AvgIpc) is 1.35. The zero-order valence-electron chi connectivity index (χ0n) is 2.61. The van der Waals surface area contributed by atoms with Gasteiger partial charge in [0.25, 0.3) is 0 Å². The van der Waals surface area contributed by atoms with Crippen molar-refractivity contribution in [2.75, 3.05) is 0 Å². The molecule has 0 saturated heterocycles. The van der Waals surface area contributed by atoms with E-state index in [1.54, 1.807) is 0 Å². The molecule has 0 saturated carbocycles. The normalized spacial score (nSPS) is 11.8. The van der Waals surface area contributed by atoms with Crippen LogP contribution in [0, 0.1) is 0 Å². The molecule has 4 nitrogen and oxygen atoms in total. The van der Waals surface area contributed by atoms with Gasteiger partial charge in [0, 0.05) is 0 Å². The van der Waals surface area contributed by atoms with Crippen molar-refractivity contribution in [3.05, 3.63) is 0 Å². The first-order valence-electron chi connectivity index (χ1n) is 0.948. The molecule has 0 amide bonds. The second-order valence-corrected chi connectivity index (χ2v) is 3.62. The Morgan fingerprint density at radius 1 is 1.67 bits per heavy atom. The molecule has 0 spiro atoms. The summed E-state index contributed by atoms with van der Waals surface area (Å²) in [6.07, 6.45) is 0. The van der Waals surface area contributed by atoms with Crippen molar-refractivity contribution in [2.24, 2.45) is 0 Å². The molecule has 0 unspecified atom stereocenters. The Kier molecular flexibility index (Phi) is 2.73. The van der Waals surface area contributed by atoms with Gasteiger partial charge in [0.2, 0.25) is 0 Å². The molecule has 0 fully saturated rings. The zero-order valence-corrected chi connectivity index (χ0v) is 6.98. The van der Waals surface area contributed by atoms with Crippen LogP contribution in [-0.2, 0) is 7.17 Å². The zero-order chi connectivity index (χ0) is 5.21. The van der Waals surface area contributed by atoms with Crippen LogP contribution in [0.25, 0.3) is 0 Å². The summed E-state index contributed by atoms with van der Waals surface area (Å²) in [5, 5.41) is 0. The molecule has 36 valence electrons. The van der Waals surface area contributed by atoms with Crippen LogP contribution in [0.1, 0.15) is 0 Å². The third kappa shape index (κ3) is 4.99. The molecular formula is H2BiO4P. The van der Waals surface area contributed by atoms with E-state index in [4.69, 9.17) is 9.79 Å². The molecule has 0 bridgehead atoms. The fourth-order valence-corrected chi connectivity index (χ4v) is 0. The van der Waals surface area contributed by atoms with Crippen LogP contribution in [0.5, 0.6) is 0 Å². The maximum atomic E-state index is 9.50. The summed E-state index contributed by atoms with van der Waals surface area (Å²) in [4.78, 5) is 15.5. The van der Waals surface area contributed by atoms with E-state index < -0.39 is 7.82 Å². The van der Waals surface area contributed by atoms with Crippen molar-refractivity contribution in [3.8, 4) is 0 Å². The van der Waals surface area contributed by atoms with Crippen molar-refractivity contribution in [1.82, 2.24) is 0 Å². The van der Waals surface area contributed by atoms with Gasteiger partial charge in [-0.2, -0.15) is 0 Å². The minimum absolute atomic E-state index is 0.257. The van der Waals surface area contributed by atoms with Gasteiger partial charge in [-0.05, 0) is 0 Å². The standard InChI is InChI=1S/Bi.H3O4P/c;1-5(2,3)4/h;(H3,1,2,3,4)/q+1;/p-1. The quantitative estimate of drug-likeness (QED) is 0.491. The summed E-state index contributed by atoms with van der Waals surface area (Å²) in [6, 6.07) is 0. The van der Waals surface area contributed by atoms with Crippen LogP contribution in [0.2, 0.25) is 0 Å². The molecule has 0 aliphatic rings. The van der Waals surface area contributed by atoms with E-state index in [0.29, 0.717) is 0 Å². The Morgan fingerprint density at radius 3 is 1.83 bits per heavy atom. The van der Waals surface area contributed by atoms with Crippen LogP contribution < -0.4 is 0 Å². The molecule has 0 atom stereocenters. The summed E-state index contributed by atoms with van der Waals surface area (Å²) in [6.45, 7) is 0. The predicted octanol–water partition coefficient (Wildman–Crippen LogP) is -0.821. The molecule has 2 N–H and O–H groups in total. The molecule has 0 aromatic rings. The van der Waals surface area contributed by atoms with Crippen molar-refractivity contribution in [1.29, 1.82) is 0 Å². The molecule has 0 aromatic carbocycles. The van der Waals surface area contributed by atoms with E-state index in [0.717, 1.165) is 0 Å². The van der Waals surface area contributed by atoms with Crippen LogP contribution >= 0.6 is 7.82 Å². The van der Waals surface area contributed by atoms with E-state index in [2.05, 4.69) is 2.60 Å². The fourth-order valence-electron chi connectivity index (χ4n) is 0. The number of rotatable bonds is 1. The van der Waals surface area contributed by atoms with Gasteiger partial charge in [-0.15, -0.1) is 0 Å². The van der Waals surface area contributed by atoms with Gasteiger partial charge in [0.15, 0.2) is 0 Å². The summed E-state index contributed by atoms with van der Waals surface area (Å²) in [5.74, 6) is 0. The summed E-state index contributed by atoms with van der Waals surface area (Å²) in [5.41, 5.74) is 0. The molecule has 6 heteroatoms. The molecule has 0 heterocycles. The van der Waals surface area contributed by atoms with E-state index in [9.17, 15) is 4.57 Å². The minimum atomic E-state index is -4.10. The molecule has 6 heavy (non-hydrogen) atoms. The van der Waals surface area contributed by atoms with E-state index in [1.807, 2.05) is 0 Å². The van der Waals surface area contributed by atoms with Crippen LogP contribution in [0.15, 0.2) is 0 Å². The van der Waals surface area contributed by atoms with Gasteiger partial charge >= 0.3 is 49.9 Å². The predicted molar refractivity (Wildman–Crippen MR) is 18.9 cm³/mol. The molecular weight excluding hydrogens is 304 g/mol. The molecule has 0 rings (SSSR count). The van der Waals surface area contributed by atoms with Crippen molar-refractivity contribution in [3.63, 3.8) is 0 Å². The number of hydrogen-bond acceptors (Lipinski definition) is 2. The van der Waals surface area contributed by atoms with Crippen LogP contribution in [0.3, 0.4) is 0 Å². The summed E-state index contributed by atoms with van der Waals surface area (Å²) >= 11 is 0.257. The Balaban J connectivity index is 3.48. The first-order valence-corrected chi connectivity index (χ1v) is 3.90. The molecule has 0 aliphatic carbocycles. The average molecular weight is 306 g/mol. The van der Waals surface area contributed by atoms with Crippen molar-refractivity contribution in [2.45, 2.75) is 0 Å². The fraction of sp³-hybridized carbons (Fsp3) is 0. The van der Waals surface area contributed by atoms with E-state index in [-0.39, 0.29) is 25.2 Å². The van der Waals surface area contributed by atoms with Gasteiger partial charge in [-0.1, -0.05) is 0 Å². The first-order chi connectivity index (χ1) is 2.56. The van der Waals surface area contributed by atoms with Gasteiger partial charge in [-0.25, -0.2) is 0 Å². The van der Waals surface area contributed by atoms with Crippen molar-refractivity contribution >= 4 is 33.0 Å². The van der Waals surface area contributed by atoms with Gasteiger partial charge < -0.3 is 0 Å². The summed E-state index contributed by atoms with van der Waals surface area (Å²) in [7, 11) is -4.10. The molecule has 0 aromatic heterocycles. The Bertz CT molecular complexity index is 71.6. The van der Waals surface area contributed by atoms with Gasteiger partial charge in [-0.3, -0.25) is 0 Å². The Labute approximate surface area is 50.2 Å². The maximum absolute atomic E-state index is 9.50. The van der Waals surface area contributed by atoms with E-state index >= 15 is 0 Å². The van der Waals surface area contributed by atoms with Crippen LogP contribution in [-0.4, -0.2) is 34.9 Å². The number of phosphoric acid groups is 1. The SMILES string of the molecule is O=P(O)(O)[O][Bi]. The Hall–Kier alpha value is 0.993. The van der Waals surface area contributed by atoms with Crippen molar-refractivity contribution < 1.29 is 17.0 Å². The second-order valence-electron chi connectivity index (χ2n) is 0.572.